The van der Waals surface area contributed by atoms with Gasteiger partial charge in [-0.3, -0.25) is 0 Å². The van der Waals surface area contributed by atoms with Crippen molar-refractivity contribution < 1.29 is 19.7 Å². The summed E-state index contributed by atoms with van der Waals surface area (Å²) in [6, 6.07) is 5.60. The maximum absolute atomic E-state index is 10.6. The monoisotopic (exact) mass is 341 g/mol. The Labute approximate surface area is 142 Å². The zero-order valence-electron chi connectivity index (χ0n) is 14.1. The smallest absolute Gasteiger partial charge is 0.133 e. The first-order chi connectivity index (χ1) is 11.1. The summed E-state index contributed by atoms with van der Waals surface area (Å²) < 4.78 is 10.3. The van der Waals surface area contributed by atoms with E-state index in [1.54, 1.807) is 7.11 Å². The standard InChI is InChI=1S/C17H27NO4S/c1-4-18(5-2)9-8-17(12-19)16(20)11-22-14-7-6-13(21-3)10-15(14)23-17/h6-7,10,16,19-20H,4-5,8-9,11-12H2,1-3H3. The molecule has 2 rings (SSSR count). The van der Waals surface area contributed by atoms with Gasteiger partial charge < -0.3 is 24.6 Å². The van der Waals surface area contributed by atoms with Gasteiger partial charge in [0.05, 0.1) is 23.4 Å². The van der Waals surface area contributed by atoms with Gasteiger partial charge in [-0.2, -0.15) is 0 Å². The van der Waals surface area contributed by atoms with Crippen molar-refractivity contribution in [3.05, 3.63) is 18.2 Å². The first kappa shape index (κ1) is 18.4. The topological polar surface area (TPSA) is 62.2 Å². The molecule has 0 saturated carbocycles. The molecular formula is C17H27NO4S. The Hall–Kier alpha value is -0.950. The molecule has 0 aliphatic carbocycles. The minimum absolute atomic E-state index is 0.0971. The second kappa shape index (κ2) is 8.24. The summed E-state index contributed by atoms with van der Waals surface area (Å²) in [6.45, 7) is 7.08. The molecule has 0 fully saturated rings. The van der Waals surface area contributed by atoms with E-state index >= 15 is 0 Å². The Morgan fingerprint density at radius 1 is 1.39 bits per heavy atom. The van der Waals surface area contributed by atoms with E-state index in [-0.39, 0.29) is 13.2 Å². The molecule has 0 aromatic heterocycles. The molecule has 5 nitrogen and oxygen atoms in total. The predicted molar refractivity (Wildman–Crippen MR) is 92.6 cm³/mol. The van der Waals surface area contributed by atoms with E-state index in [9.17, 15) is 10.2 Å². The lowest BCUT2D eigenvalue weighted by Crippen LogP contribution is -2.47. The molecule has 2 atom stereocenters. The van der Waals surface area contributed by atoms with Crippen LogP contribution in [0.2, 0.25) is 0 Å². The molecule has 0 spiro atoms. The van der Waals surface area contributed by atoms with Crippen molar-refractivity contribution in [3.8, 4) is 11.5 Å². The molecule has 23 heavy (non-hydrogen) atoms. The van der Waals surface area contributed by atoms with E-state index in [1.807, 2.05) is 18.2 Å². The van der Waals surface area contributed by atoms with Crippen LogP contribution in [-0.4, -0.2) is 65.9 Å². The SMILES string of the molecule is CCN(CC)CCC1(CO)Sc2cc(OC)ccc2OCC1O. The Morgan fingerprint density at radius 2 is 2.13 bits per heavy atom. The molecule has 1 aromatic rings. The lowest BCUT2D eigenvalue weighted by molar-refractivity contribution is 0.0436. The van der Waals surface area contributed by atoms with Gasteiger partial charge in [-0.1, -0.05) is 13.8 Å². The molecule has 2 N–H and O–H groups in total. The predicted octanol–water partition coefficient (Wildman–Crippen LogP) is 2.00. The molecule has 130 valence electrons. The quantitative estimate of drug-likeness (QED) is 0.791. The van der Waals surface area contributed by atoms with Crippen molar-refractivity contribution >= 4 is 11.8 Å². The number of hydrogen-bond donors (Lipinski definition) is 2. The first-order valence-corrected chi connectivity index (χ1v) is 8.91. The van der Waals surface area contributed by atoms with Crippen LogP contribution in [0.3, 0.4) is 0 Å². The van der Waals surface area contributed by atoms with Crippen LogP contribution < -0.4 is 9.47 Å². The molecule has 2 unspecified atom stereocenters. The average molecular weight is 341 g/mol. The normalized spacial score (nSPS) is 24.0. The third-order valence-electron chi connectivity index (χ3n) is 4.48. The van der Waals surface area contributed by atoms with E-state index in [1.165, 1.54) is 11.8 Å². The molecule has 1 aromatic carbocycles. The Kier molecular flexibility index (Phi) is 6.59. The summed E-state index contributed by atoms with van der Waals surface area (Å²) in [5.41, 5.74) is 0. The molecule has 1 heterocycles. The number of thioether (sulfide) groups is 1. The summed E-state index contributed by atoms with van der Waals surface area (Å²) in [5.74, 6) is 1.47. The summed E-state index contributed by atoms with van der Waals surface area (Å²) in [6.07, 6.45) is -0.0386. The fourth-order valence-corrected chi connectivity index (χ4v) is 4.05. The molecule has 6 heteroatoms. The molecule has 0 amide bonds. The fourth-order valence-electron chi connectivity index (χ4n) is 2.74. The van der Waals surface area contributed by atoms with Crippen molar-refractivity contribution in [2.75, 3.05) is 40.0 Å². The van der Waals surface area contributed by atoms with Gasteiger partial charge in [0, 0.05) is 0 Å². The average Bonchev–Trinajstić information content (AvgIpc) is 2.72. The molecule has 1 aliphatic rings. The van der Waals surface area contributed by atoms with E-state index < -0.39 is 10.9 Å². The van der Waals surface area contributed by atoms with Crippen molar-refractivity contribution in [1.82, 2.24) is 4.90 Å². The number of ether oxygens (including phenoxy) is 2. The van der Waals surface area contributed by atoms with Crippen LogP contribution in [0.1, 0.15) is 20.3 Å². The van der Waals surface area contributed by atoms with Crippen LogP contribution in [0.15, 0.2) is 23.1 Å². The Morgan fingerprint density at radius 3 is 2.74 bits per heavy atom. The lowest BCUT2D eigenvalue weighted by Gasteiger charge is -2.35. The zero-order valence-corrected chi connectivity index (χ0v) is 14.9. The molecule has 0 radical (unpaired) electrons. The van der Waals surface area contributed by atoms with Crippen LogP contribution in [0.4, 0.5) is 0 Å². The number of methoxy groups -OCH3 is 1. The number of nitrogens with zero attached hydrogens (tertiary/aromatic N) is 1. The highest BCUT2D eigenvalue weighted by Gasteiger charge is 2.42. The van der Waals surface area contributed by atoms with E-state index in [4.69, 9.17) is 9.47 Å². The molecular weight excluding hydrogens is 314 g/mol. The highest BCUT2D eigenvalue weighted by atomic mass is 32.2. The second-order valence-corrected chi connectivity index (χ2v) is 7.20. The minimum atomic E-state index is -0.730. The third kappa shape index (κ3) is 4.12. The van der Waals surface area contributed by atoms with Gasteiger partial charge in [0.25, 0.3) is 0 Å². The molecule has 0 bridgehead atoms. The van der Waals surface area contributed by atoms with E-state index in [2.05, 4.69) is 18.7 Å². The van der Waals surface area contributed by atoms with Crippen LogP contribution in [0.5, 0.6) is 11.5 Å². The maximum Gasteiger partial charge on any atom is 0.133 e. The van der Waals surface area contributed by atoms with E-state index in [0.717, 1.165) is 36.0 Å². The van der Waals surface area contributed by atoms with Crippen molar-refractivity contribution in [1.29, 1.82) is 0 Å². The van der Waals surface area contributed by atoms with Crippen molar-refractivity contribution in [3.63, 3.8) is 0 Å². The summed E-state index contributed by atoms with van der Waals surface area (Å²) in [4.78, 5) is 3.19. The number of benzene rings is 1. The van der Waals surface area contributed by atoms with Gasteiger partial charge in [0.15, 0.2) is 0 Å². The van der Waals surface area contributed by atoms with Gasteiger partial charge in [0.2, 0.25) is 0 Å². The second-order valence-electron chi connectivity index (χ2n) is 5.74. The molecule has 1 aliphatic heterocycles. The van der Waals surface area contributed by atoms with Crippen LogP contribution >= 0.6 is 11.8 Å². The lowest BCUT2D eigenvalue weighted by atomic mass is 9.98. The van der Waals surface area contributed by atoms with Gasteiger partial charge in [0.1, 0.15) is 24.2 Å². The van der Waals surface area contributed by atoms with Crippen molar-refractivity contribution in [2.24, 2.45) is 0 Å². The highest BCUT2D eigenvalue weighted by Crippen LogP contribution is 2.46. The number of aliphatic hydroxyl groups is 2. The van der Waals surface area contributed by atoms with Crippen LogP contribution in [0, 0.1) is 0 Å². The largest absolute Gasteiger partial charge is 0.497 e. The Bertz CT molecular complexity index is 509. The highest BCUT2D eigenvalue weighted by molar-refractivity contribution is 8.00. The third-order valence-corrected chi connectivity index (χ3v) is 6.03. The van der Waals surface area contributed by atoms with Gasteiger partial charge >= 0.3 is 0 Å². The number of fused-ring (bicyclic) bond motifs is 1. The summed E-state index contributed by atoms with van der Waals surface area (Å²) >= 11 is 1.49. The van der Waals surface area contributed by atoms with Gasteiger partial charge in [-0.05, 0) is 44.3 Å². The first-order valence-electron chi connectivity index (χ1n) is 8.09. The summed E-state index contributed by atoms with van der Waals surface area (Å²) in [5, 5.41) is 20.7. The van der Waals surface area contributed by atoms with Gasteiger partial charge in [-0.15, -0.1) is 11.8 Å². The minimum Gasteiger partial charge on any atom is -0.497 e. The van der Waals surface area contributed by atoms with Crippen LogP contribution in [0.25, 0.3) is 0 Å². The Balaban J connectivity index is 2.25. The zero-order chi connectivity index (χ0) is 16.9. The number of aliphatic hydroxyl groups excluding tert-OH is 2. The number of hydrogen-bond acceptors (Lipinski definition) is 6. The van der Waals surface area contributed by atoms with E-state index in [0.29, 0.717) is 6.42 Å². The van der Waals surface area contributed by atoms with Crippen LogP contribution in [-0.2, 0) is 0 Å². The fraction of sp³-hybridized carbons (Fsp3) is 0.647. The van der Waals surface area contributed by atoms with Crippen molar-refractivity contribution in [2.45, 2.75) is 36.0 Å². The number of rotatable bonds is 7. The maximum atomic E-state index is 10.6. The summed E-state index contributed by atoms with van der Waals surface area (Å²) in [7, 11) is 1.62. The molecule has 0 saturated heterocycles. The van der Waals surface area contributed by atoms with Gasteiger partial charge in [-0.25, -0.2) is 0 Å².